The number of carbonyl (C=O) groups excluding carboxylic acids is 2. The van der Waals surface area contributed by atoms with Crippen LogP contribution in [0.2, 0.25) is 0 Å². The Kier molecular flexibility index (Phi) is 36.8. The van der Waals surface area contributed by atoms with Crippen LogP contribution in [0.15, 0.2) is 36.5 Å². The van der Waals surface area contributed by atoms with E-state index < -0.39 is 75.7 Å². The van der Waals surface area contributed by atoms with Crippen molar-refractivity contribution in [1.82, 2.24) is 0 Å². The van der Waals surface area contributed by atoms with Gasteiger partial charge in [-0.25, -0.2) is 4.57 Å². The molecule has 13 nitrogen and oxygen atoms in total. The molecule has 0 amide bonds. The first-order chi connectivity index (χ1) is 30.4. The maximum absolute atomic E-state index is 12.8. The fourth-order valence-corrected chi connectivity index (χ4v) is 8.40. The average Bonchev–Trinajstić information content (AvgIpc) is 3.26. The van der Waals surface area contributed by atoms with E-state index in [1.807, 2.05) is 0 Å². The number of unbranched alkanes of at least 4 members (excludes halogenated alkanes) is 23. The highest BCUT2D eigenvalue weighted by molar-refractivity contribution is 7.47. The van der Waals surface area contributed by atoms with Crippen molar-refractivity contribution < 1.29 is 63.1 Å². The summed E-state index contributed by atoms with van der Waals surface area (Å²) in [6, 6.07) is 0. The number of hydrogen-bond acceptors (Lipinski definition) is 12. The monoisotopic (exact) mass is 917 g/mol. The van der Waals surface area contributed by atoms with Gasteiger partial charge >= 0.3 is 19.8 Å². The molecule has 0 bridgehead atoms. The van der Waals surface area contributed by atoms with Crippen molar-refractivity contribution in [2.24, 2.45) is 0 Å². The third-order valence-corrected chi connectivity index (χ3v) is 12.4. The van der Waals surface area contributed by atoms with E-state index in [-0.39, 0.29) is 12.8 Å². The van der Waals surface area contributed by atoms with Gasteiger partial charge in [-0.05, 0) is 70.6 Å². The number of hydrogen-bond donors (Lipinski definition) is 6. The number of esters is 2. The number of carbonyl (C=O) groups is 2. The number of allylic oxidation sites excluding steroid dienone is 6. The molecule has 368 valence electrons. The molecule has 1 fully saturated rings. The first-order valence-corrected chi connectivity index (χ1v) is 26.3. The zero-order chi connectivity index (χ0) is 46.4. The molecule has 1 aliphatic carbocycles. The lowest BCUT2D eigenvalue weighted by Crippen LogP contribution is -2.64. The minimum atomic E-state index is -5.12. The van der Waals surface area contributed by atoms with Gasteiger partial charge in [-0.3, -0.25) is 18.6 Å². The number of rotatable bonds is 41. The molecule has 0 aromatic rings. The summed E-state index contributed by atoms with van der Waals surface area (Å²) in [5.74, 6) is -1.12. The summed E-state index contributed by atoms with van der Waals surface area (Å²) in [7, 11) is -5.12. The Hall–Kier alpha value is -1.93. The van der Waals surface area contributed by atoms with E-state index in [9.17, 15) is 44.6 Å². The summed E-state index contributed by atoms with van der Waals surface area (Å²) < 4.78 is 33.6. The van der Waals surface area contributed by atoms with Crippen molar-refractivity contribution in [3.05, 3.63) is 36.5 Å². The lowest BCUT2D eigenvalue weighted by atomic mass is 9.85. The second-order valence-electron chi connectivity index (χ2n) is 17.3. The molecule has 0 aromatic carbocycles. The van der Waals surface area contributed by atoms with Crippen LogP contribution >= 0.6 is 7.82 Å². The van der Waals surface area contributed by atoms with E-state index in [4.69, 9.17) is 18.5 Å². The molecule has 6 N–H and O–H groups in total. The maximum Gasteiger partial charge on any atom is 0.472 e. The third-order valence-electron chi connectivity index (χ3n) is 11.5. The predicted molar refractivity (Wildman–Crippen MR) is 249 cm³/mol. The highest BCUT2D eigenvalue weighted by atomic mass is 31.2. The van der Waals surface area contributed by atoms with Gasteiger partial charge in [0.25, 0.3) is 0 Å². The molecule has 6 atom stereocenters. The highest BCUT2D eigenvalue weighted by Gasteiger charge is 2.51. The van der Waals surface area contributed by atoms with Gasteiger partial charge in [0.05, 0.1) is 6.61 Å². The van der Waals surface area contributed by atoms with Gasteiger partial charge in [-0.1, -0.05) is 159 Å². The number of phosphoric ester groups is 1. The summed E-state index contributed by atoms with van der Waals surface area (Å²) in [5, 5.41) is 50.2. The van der Waals surface area contributed by atoms with Gasteiger partial charge in [-0.2, -0.15) is 0 Å². The standard InChI is InChI=1S/C49H89O13P/c1-3-5-7-9-11-13-15-17-19-21-22-24-25-27-29-31-33-35-37-42(50)59-39-41(40-60-63(57,58)62-49-47(55)45(53)44(52)46(54)48(49)56)61-43(51)38-36-34-32-30-28-26-23-20-18-16-14-12-10-8-6-4-2/h14,16,19-21,23,41,44-49,52-56H,3-13,15,17-18,22,24-40H2,1-2H3,(H,57,58)/b16-14-,21-19-,23-20-. The lowest BCUT2D eigenvalue weighted by Gasteiger charge is -2.41. The molecule has 1 saturated carbocycles. The minimum absolute atomic E-state index is 0.0803. The SMILES string of the molecule is CCCCCC/C=C\C/C=C\CCCCCCCC(=O)OC(COC(=O)CCCCCCCCC/C=C\CCCCCCCCC)COP(=O)(O)OC1C(O)C(O)C(O)C(O)C1O. The third kappa shape index (κ3) is 31.6. The first kappa shape index (κ1) is 59.1. The Morgan fingerprint density at radius 2 is 0.857 bits per heavy atom. The van der Waals surface area contributed by atoms with Gasteiger partial charge in [0, 0.05) is 12.8 Å². The van der Waals surface area contributed by atoms with Crippen molar-refractivity contribution >= 4 is 19.8 Å². The second-order valence-corrected chi connectivity index (χ2v) is 18.7. The van der Waals surface area contributed by atoms with Crippen LogP contribution in [-0.2, 0) is 32.7 Å². The maximum atomic E-state index is 12.8. The molecule has 0 heterocycles. The van der Waals surface area contributed by atoms with Crippen LogP contribution in [0.25, 0.3) is 0 Å². The molecule has 0 saturated heterocycles. The molecule has 0 radical (unpaired) electrons. The van der Waals surface area contributed by atoms with Crippen LogP contribution in [-0.4, -0.2) is 98.3 Å². The van der Waals surface area contributed by atoms with Gasteiger partial charge < -0.3 is 39.9 Å². The molecule has 6 unspecified atom stereocenters. The minimum Gasteiger partial charge on any atom is -0.462 e. The summed E-state index contributed by atoms with van der Waals surface area (Å²) in [6.07, 6.45) is 31.9. The Morgan fingerprint density at radius 3 is 1.32 bits per heavy atom. The predicted octanol–water partition coefficient (Wildman–Crippen LogP) is 10.2. The molecule has 0 aromatic heterocycles. The Balaban J connectivity index is 2.43. The van der Waals surface area contributed by atoms with Gasteiger partial charge in [0.15, 0.2) is 6.10 Å². The highest BCUT2D eigenvalue weighted by Crippen LogP contribution is 2.47. The van der Waals surface area contributed by atoms with Crippen LogP contribution < -0.4 is 0 Å². The number of ether oxygens (including phenoxy) is 2. The van der Waals surface area contributed by atoms with E-state index in [1.165, 1.54) is 89.9 Å². The normalized spacial score (nSPS) is 22.0. The summed E-state index contributed by atoms with van der Waals surface area (Å²) in [5.41, 5.74) is 0. The molecular formula is C49H89O13P. The zero-order valence-corrected chi connectivity index (χ0v) is 40.0. The van der Waals surface area contributed by atoms with Crippen LogP contribution in [0.4, 0.5) is 0 Å². The number of phosphoric acid groups is 1. The van der Waals surface area contributed by atoms with Crippen molar-refractivity contribution in [3.8, 4) is 0 Å². The second kappa shape index (κ2) is 39.3. The fraction of sp³-hybridized carbons (Fsp3) is 0.837. The van der Waals surface area contributed by atoms with Gasteiger partial charge in [0.2, 0.25) is 0 Å². The Morgan fingerprint density at radius 1 is 0.492 bits per heavy atom. The topological polar surface area (TPSA) is 210 Å². The van der Waals surface area contributed by atoms with Crippen LogP contribution in [0.3, 0.4) is 0 Å². The van der Waals surface area contributed by atoms with Gasteiger partial charge in [-0.15, -0.1) is 0 Å². The average molecular weight is 917 g/mol. The van der Waals surface area contributed by atoms with Crippen molar-refractivity contribution in [1.29, 1.82) is 0 Å². The smallest absolute Gasteiger partial charge is 0.462 e. The van der Waals surface area contributed by atoms with E-state index in [0.29, 0.717) is 12.8 Å². The van der Waals surface area contributed by atoms with Crippen LogP contribution in [0, 0.1) is 0 Å². The van der Waals surface area contributed by atoms with Gasteiger partial charge in [0.1, 0.15) is 43.2 Å². The summed E-state index contributed by atoms with van der Waals surface area (Å²) in [4.78, 5) is 35.8. The lowest BCUT2D eigenvalue weighted by molar-refractivity contribution is -0.220. The summed E-state index contributed by atoms with van der Waals surface area (Å²) >= 11 is 0. The molecule has 0 spiro atoms. The van der Waals surface area contributed by atoms with E-state index in [2.05, 4.69) is 50.3 Å². The van der Waals surface area contributed by atoms with E-state index in [1.54, 1.807) is 0 Å². The fourth-order valence-electron chi connectivity index (χ4n) is 7.43. The molecule has 63 heavy (non-hydrogen) atoms. The number of aliphatic hydroxyl groups excluding tert-OH is 5. The van der Waals surface area contributed by atoms with Crippen molar-refractivity contribution in [2.45, 2.75) is 249 Å². The Bertz CT molecular complexity index is 1240. The summed E-state index contributed by atoms with van der Waals surface area (Å²) in [6.45, 7) is 3.28. The quantitative estimate of drug-likeness (QED) is 0.0146. The molecule has 14 heteroatoms. The van der Waals surface area contributed by atoms with Crippen molar-refractivity contribution in [3.63, 3.8) is 0 Å². The molecular weight excluding hydrogens is 828 g/mol. The first-order valence-electron chi connectivity index (χ1n) is 24.8. The largest absolute Gasteiger partial charge is 0.472 e. The van der Waals surface area contributed by atoms with Crippen LogP contribution in [0.5, 0.6) is 0 Å². The molecule has 0 aliphatic heterocycles. The van der Waals surface area contributed by atoms with E-state index in [0.717, 1.165) is 77.0 Å². The van der Waals surface area contributed by atoms with E-state index >= 15 is 0 Å². The Labute approximate surface area is 380 Å². The van der Waals surface area contributed by atoms with Crippen LogP contribution in [0.1, 0.15) is 206 Å². The van der Waals surface area contributed by atoms with Crippen molar-refractivity contribution in [2.75, 3.05) is 13.2 Å². The number of aliphatic hydroxyl groups is 5. The molecule has 1 rings (SSSR count). The zero-order valence-electron chi connectivity index (χ0n) is 39.1. The molecule has 1 aliphatic rings.